The average molecular weight is 565 g/mol. The molecule has 2 atom stereocenters. The molecule has 37 heavy (non-hydrogen) atoms. The predicted molar refractivity (Wildman–Crippen MR) is 148 cm³/mol. The van der Waals surface area contributed by atoms with E-state index in [1.165, 1.54) is 18.0 Å². The number of halogens is 2. The first-order chi connectivity index (χ1) is 17.4. The normalized spacial score (nSPS) is 13.4. The lowest BCUT2D eigenvalue weighted by atomic mass is 10.1. The first-order valence-corrected chi connectivity index (χ1v) is 14.1. The van der Waals surface area contributed by atoms with E-state index in [0.29, 0.717) is 15.6 Å². The maximum Gasteiger partial charge on any atom is 0.243 e. The molecule has 1 N–H and O–H groups in total. The average Bonchev–Trinajstić information content (AvgIpc) is 2.87. The van der Waals surface area contributed by atoms with Crippen LogP contribution in [0.15, 0.2) is 65.6 Å². The van der Waals surface area contributed by atoms with E-state index in [1.807, 2.05) is 38.1 Å². The molecular weight excluding hydrogens is 533 g/mol. The maximum absolute atomic E-state index is 13.5. The third-order valence-corrected chi connectivity index (χ3v) is 8.70. The Bertz CT molecular complexity index is 1400. The number of hydrogen-bond donors (Lipinski definition) is 1. The number of carbonyl (C=O) groups is 2. The molecule has 0 aliphatic heterocycles. The van der Waals surface area contributed by atoms with Gasteiger partial charge in [0.05, 0.1) is 11.4 Å². The summed E-state index contributed by atoms with van der Waals surface area (Å²) in [7, 11) is -2.63. The van der Waals surface area contributed by atoms with Crippen LogP contribution in [0.3, 0.4) is 0 Å². The van der Waals surface area contributed by atoms with Crippen LogP contribution in [0.25, 0.3) is 10.8 Å². The Balaban J connectivity index is 1.87. The topological polar surface area (TPSA) is 86.8 Å². The summed E-state index contributed by atoms with van der Waals surface area (Å²) in [6.45, 7) is 4.97. The van der Waals surface area contributed by atoms with Gasteiger partial charge in [0, 0.05) is 29.7 Å². The molecule has 0 aromatic heterocycles. The minimum absolute atomic E-state index is 0.00773. The molecule has 3 rings (SSSR count). The Labute approximate surface area is 228 Å². The Kier molecular flexibility index (Phi) is 9.58. The zero-order chi connectivity index (χ0) is 27.3. The Hall–Kier alpha value is -2.65. The second-order valence-corrected chi connectivity index (χ2v) is 11.9. The van der Waals surface area contributed by atoms with Crippen molar-refractivity contribution in [1.82, 2.24) is 14.5 Å². The van der Waals surface area contributed by atoms with E-state index in [0.717, 1.165) is 21.5 Å². The fourth-order valence-corrected chi connectivity index (χ4v) is 5.38. The molecule has 7 nitrogen and oxygen atoms in total. The number of fused-ring (bicyclic) bond motifs is 1. The van der Waals surface area contributed by atoms with Crippen LogP contribution >= 0.6 is 23.2 Å². The van der Waals surface area contributed by atoms with Crippen LogP contribution in [0.4, 0.5) is 0 Å². The standard InChI is InChI=1S/C27H31Cl2N3O4S/c1-5-18(2)30-27(34)19(3)32(16-22-10-12-23(28)15-25(22)29)26(33)17-31(4)37(35,36)24-13-11-20-8-6-7-9-21(20)14-24/h6-15,18-19H,5,16-17H2,1-4H3,(H,30,34)/t18-,19-/m0/s1. The van der Waals surface area contributed by atoms with Crippen LogP contribution in [0.5, 0.6) is 0 Å². The van der Waals surface area contributed by atoms with Crippen molar-refractivity contribution in [1.29, 1.82) is 0 Å². The molecule has 0 heterocycles. The Morgan fingerprint density at radius 1 is 0.973 bits per heavy atom. The fourth-order valence-electron chi connectivity index (χ4n) is 3.76. The molecule has 0 aliphatic rings. The number of rotatable bonds is 10. The zero-order valence-electron chi connectivity index (χ0n) is 21.2. The predicted octanol–water partition coefficient (Wildman–Crippen LogP) is 5.10. The van der Waals surface area contributed by atoms with Crippen molar-refractivity contribution >= 4 is 55.8 Å². The highest BCUT2D eigenvalue weighted by Gasteiger charge is 2.31. The summed E-state index contributed by atoms with van der Waals surface area (Å²) in [6, 6.07) is 16.2. The van der Waals surface area contributed by atoms with Gasteiger partial charge in [-0.05, 0) is 60.9 Å². The lowest BCUT2D eigenvalue weighted by molar-refractivity contribution is -0.140. The van der Waals surface area contributed by atoms with Crippen LogP contribution in [-0.2, 0) is 26.2 Å². The molecular formula is C27H31Cl2N3O4S. The minimum Gasteiger partial charge on any atom is -0.352 e. The third-order valence-electron chi connectivity index (χ3n) is 6.31. The molecule has 0 fully saturated rings. The van der Waals surface area contributed by atoms with E-state index < -0.39 is 28.5 Å². The molecule has 0 aliphatic carbocycles. The summed E-state index contributed by atoms with van der Waals surface area (Å²) in [5.74, 6) is -0.877. The van der Waals surface area contributed by atoms with Gasteiger partial charge in [-0.3, -0.25) is 9.59 Å². The highest BCUT2D eigenvalue weighted by atomic mass is 35.5. The summed E-state index contributed by atoms with van der Waals surface area (Å²) >= 11 is 12.4. The number of benzene rings is 3. The van der Waals surface area contributed by atoms with E-state index in [2.05, 4.69) is 5.32 Å². The molecule has 0 bridgehead atoms. The van der Waals surface area contributed by atoms with Crippen molar-refractivity contribution in [3.8, 4) is 0 Å². The zero-order valence-corrected chi connectivity index (χ0v) is 23.6. The first-order valence-electron chi connectivity index (χ1n) is 11.9. The lowest BCUT2D eigenvalue weighted by Crippen LogP contribution is -2.51. The van der Waals surface area contributed by atoms with Crippen molar-refractivity contribution < 1.29 is 18.0 Å². The second kappa shape index (κ2) is 12.3. The number of carbonyl (C=O) groups excluding carboxylic acids is 2. The Morgan fingerprint density at radius 2 is 1.65 bits per heavy atom. The maximum atomic E-state index is 13.5. The molecule has 10 heteroatoms. The van der Waals surface area contributed by atoms with Gasteiger partial charge in [-0.1, -0.05) is 66.5 Å². The first kappa shape index (κ1) is 28.9. The molecule has 3 aromatic rings. The van der Waals surface area contributed by atoms with Gasteiger partial charge < -0.3 is 10.2 Å². The van der Waals surface area contributed by atoms with Gasteiger partial charge in [0.15, 0.2) is 0 Å². The van der Waals surface area contributed by atoms with Gasteiger partial charge in [0.2, 0.25) is 21.8 Å². The monoisotopic (exact) mass is 563 g/mol. The van der Waals surface area contributed by atoms with Crippen molar-refractivity contribution in [2.45, 2.75) is 50.7 Å². The molecule has 0 spiro atoms. The molecule has 0 radical (unpaired) electrons. The fraction of sp³-hybridized carbons (Fsp3) is 0.333. The molecule has 0 unspecified atom stereocenters. The van der Waals surface area contributed by atoms with E-state index >= 15 is 0 Å². The molecule has 3 aromatic carbocycles. The summed E-state index contributed by atoms with van der Waals surface area (Å²) in [4.78, 5) is 27.8. The summed E-state index contributed by atoms with van der Waals surface area (Å²) in [6.07, 6.45) is 0.724. The van der Waals surface area contributed by atoms with Crippen LogP contribution in [0.1, 0.15) is 32.8 Å². The summed E-state index contributed by atoms with van der Waals surface area (Å²) < 4.78 is 27.6. The molecule has 0 saturated carbocycles. The van der Waals surface area contributed by atoms with Gasteiger partial charge in [-0.15, -0.1) is 0 Å². The smallest absolute Gasteiger partial charge is 0.243 e. The Morgan fingerprint density at radius 3 is 2.30 bits per heavy atom. The molecule has 198 valence electrons. The number of nitrogens with zero attached hydrogens (tertiary/aromatic N) is 2. The number of nitrogens with one attached hydrogen (secondary N) is 1. The van der Waals surface area contributed by atoms with Crippen molar-refractivity contribution in [2.24, 2.45) is 0 Å². The van der Waals surface area contributed by atoms with Gasteiger partial charge in [-0.2, -0.15) is 4.31 Å². The third kappa shape index (κ3) is 7.02. The summed E-state index contributed by atoms with van der Waals surface area (Å²) in [5.41, 5.74) is 0.586. The SMILES string of the molecule is CC[C@H](C)NC(=O)[C@H](C)N(Cc1ccc(Cl)cc1Cl)C(=O)CN(C)S(=O)(=O)c1ccc2ccccc2c1. The van der Waals surface area contributed by atoms with E-state index in [9.17, 15) is 18.0 Å². The van der Waals surface area contributed by atoms with Crippen LogP contribution < -0.4 is 5.32 Å². The van der Waals surface area contributed by atoms with E-state index in [1.54, 1.807) is 37.3 Å². The van der Waals surface area contributed by atoms with E-state index in [-0.39, 0.29) is 23.4 Å². The van der Waals surface area contributed by atoms with E-state index in [4.69, 9.17) is 23.2 Å². The van der Waals surface area contributed by atoms with Gasteiger partial charge in [0.1, 0.15) is 6.04 Å². The number of hydrogen-bond acceptors (Lipinski definition) is 4. The number of sulfonamides is 1. The second-order valence-electron chi connectivity index (χ2n) is 9.02. The van der Waals surface area contributed by atoms with Crippen LogP contribution in [0, 0.1) is 0 Å². The largest absolute Gasteiger partial charge is 0.352 e. The van der Waals surface area contributed by atoms with Crippen LogP contribution in [-0.4, -0.2) is 55.1 Å². The van der Waals surface area contributed by atoms with Gasteiger partial charge >= 0.3 is 0 Å². The van der Waals surface area contributed by atoms with Crippen molar-refractivity contribution in [3.63, 3.8) is 0 Å². The van der Waals surface area contributed by atoms with Crippen molar-refractivity contribution in [3.05, 3.63) is 76.3 Å². The number of likely N-dealkylation sites (N-methyl/N-ethyl adjacent to an activating group) is 1. The summed E-state index contributed by atoms with van der Waals surface area (Å²) in [5, 5.41) is 5.35. The van der Waals surface area contributed by atoms with Crippen molar-refractivity contribution in [2.75, 3.05) is 13.6 Å². The highest BCUT2D eigenvalue weighted by Crippen LogP contribution is 2.24. The van der Waals surface area contributed by atoms with Gasteiger partial charge in [-0.25, -0.2) is 8.42 Å². The molecule has 2 amide bonds. The minimum atomic E-state index is -3.97. The lowest BCUT2D eigenvalue weighted by Gasteiger charge is -2.31. The van der Waals surface area contributed by atoms with Crippen LogP contribution in [0.2, 0.25) is 10.0 Å². The number of amides is 2. The highest BCUT2D eigenvalue weighted by molar-refractivity contribution is 7.89. The quantitative estimate of drug-likeness (QED) is 0.371. The molecule has 0 saturated heterocycles. The van der Waals surface area contributed by atoms with Gasteiger partial charge in [0.25, 0.3) is 0 Å².